The van der Waals surface area contributed by atoms with Crippen molar-refractivity contribution in [1.29, 1.82) is 5.41 Å². The van der Waals surface area contributed by atoms with Crippen LogP contribution in [0.1, 0.15) is 5.56 Å². The van der Waals surface area contributed by atoms with Crippen LogP contribution in [0.3, 0.4) is 0 Å². The summed E-state index contributed by atoms with van der Waals surface area (Å²) in [7, 11) is 1.69. The molecule has 0 atom stereocenters. The van der Waals surface area contributed by atoms with Crippen LogP contribution in [0.2, 0.25) is 0 Å². The molecule has 2 nitrogen and oxygen atoms in total. The normalized spacial score (nSPS) is 10.0. The third kappa shape index (κ3) is 2.33. The Morgan fingerprint density at radius 2 is 1.59 bits per heavy atom. The first-order valence-electron chi connectivity index (χ1n) is 5.32. The molecule has 0 aliphatic heterocycles. The summed E-state index contributed by atoms with van der Waals surface area (Å²) in [6, 6.07) is 15.7. The zero-order valence-corrected chi connectivity index (χ0v) is 9.52. The van der Waals surface area contributed by atoms with Crippen molar-refractivity contribution in [2.45, 2.75) is 0 Å². The van der Waals surface area contributed by atoms with Crippen LogP contribution in [0.25, 0.3) is 0 Å². The number of nitrogens with zero attached hydrogens (tertiary/aromatic N) is 1. The van der Waals surface area contributed by atoms with Gasteiger partial charge in [-0.25, -0.2) is 4.39 Å². The highest BCUT2D eigenvalue weighted by Crippen LogP contribution is 2.19. The van der Waals surface area contributed by atoms with E-state index in [4.69, 9.17) is 5.41 Å². The van der Waals surface area contributed by atoms with Gasteiger partial charge in [-0.1, -0.05) is 42.5 Å². The van der Waals surface area contributed by atoms with E-state index in [9.17, 15) is 4.39 Å². The molecular formula is C14H13FN2. The average molecular weight is 228 g/mol. The lowest BCUT2D eigenvalue weighted by molar-refractivity contribution is 0.628. The van der Waals surface area contributed by atoms with Gasteiger partial charge < -0.3 is 4.90 Å². The first-order valence-corrected chi connectivity index (χ1v) is 5.32. The Bertz CT molecular complexity index is 523. The smallest absolute Gasteiger partial charge is 0.146 e. The molecule has 0 unspecified atom stereocenters. The van der Waals surface area contributed by atoms with E-state index in [1.165, 1.54) is 11.0 Å². The van der Waals surface area contributed by atoms with Crippen LogP contribution in [-0.2, 0) is 0 Å². The molecule has 0 aliphatic rings. The van der Waals surface area contributed by atoms with Crippen molar-refractivity contribution >= 4 is 11.5 Å². The summed E-state index contributed by atoms with van der Waals surface area (Å²) in [5.41, 5.74) is 1.17. The lowest BCUT2D eigenvalue weighted by Gasteiger charge is -2.20. The molecule has 0 aromatic heterocycles. The maximum Gasteiger partial charge on any atom is 0.146 e. The van der Waals surface area contributed by atoms with Crippen molar-refractivity contribution in [1.82, 2.24) is 0 Å². The molecule has 3 heteroatoms. The van der Waals surface area contributed by atoms with Crippen molar-refractivity contribution < 1.29 is 4.39 Å². The second-order valence-electron chi connectivity index (χ2n) is 3.73. The zero-order valence-electron chi connectivity index (χ0n) is 9.52. The van der Waals surface area contributed by atoms with Crippen molar-refractivity contribution in [2.24, 2.45) is 0 Å². The molecule has 17 heavy (non-hydrogen) atoms. The zero-order chi connectivity index (χ0) is 12.3. The molecular weight excluding hydrogens is 215 g/mol. The summed E-state index contributed by atoms with van der Waals surface area (Å²) in [5, 5.41) is 8.03. The molecule has 0 spiro atoms. The van der Waals surface area contributed by atoms with Crippen molar-refractivity contribution in [3.05, 3.63) is 66.0 Å². The van der Waals surface area contributed by atoms with Crippen molar-refractivity contribution in [2.75, 3.05) is 11.9 Å². The van der Waals surface area contributed by atoms with Gasteiger partial charge in [0.15, 0.2) is 0 Å². The first-order chi connectivity index (χ1) is 8.20. The minimum absolute atomic E-state index is 0.274. The lowest BCUT2D eigenvalue weighted by Crippen LogP contribution is -2.27. The number of nitrogens with one attached hydrogen (secondary N) is 1. The van der Waals surface area contributed by atoms with Gasteiger partial charge in [0.05, 0.1) is 5.69 Å². The van der Waals surface area contributed by atoms with Gasteiger partial charge >= 0.3 is 0 Å². The van der Waals surface area contributed by atoms with Crippen molar-refractivity contribution in [3.8, 4) is 0 Å². The quantitative estimate of drug-likeness (QED) is 0.619. The van der Waals surface area contributed by atoms with Gasteiger partial charge in [0.25, 0.3) is 0 Å². The van der Waals surface area contributed by atoms with Gasteiger partial charge in [-0.2, -0.15) is 0 Å². The molecule has 0 bridgehead atoms. The molecule has 1 N–H and O–H groups in total. The van der Waals surface area contributed by atoms with E-state index in [-0.39, 0.29) is 11.7 Å². The van der Waals surface area contributed by atoms with E-state index >= 15 is 0 Å². The summed E-state index contributed by atoms with van der Waals surface area (Å²) in [4.78, 5) is 1.53. The van der Waals surface area contributed by atoms with Crippen LogP contribution in [0.15, 0.2) is 54.6 Å². The highest BCUT2D eigenvalue weighted by atomic mass is 19.1. The number of para-hydroxylation sites is 1. The van der Waals surface area contributed by atoms with Gasteiger partial charge in [-0.05, 0) is 12.1 Å². The van der Waals surface area contributed by atoms with Gasteiger partial charge in [0.1, 0.15) is 11.7 Å². The van der Waals surface area contributed by atoms with Crippen LogP contribution in [-0.4, -0.2) is 12.9 Å². The summed E-state index contributed by atoms with van der Waals surface area (Å²) in [5.74, 6) is -0.0496. The molecule has 0 saturated heterocycles. The third-order valence-corrected chi connectivity index (χ3v) is 2.60. The van der Waals surface area contributed by atoms with Crippen LogP contribution < -0.4 is 4.90 Å². The van der Waals surface area contributed by atoms with E-state index in [1.54, 1.807) is 25.2 Å². The first kappa shape index (κ1) is 11.3. The summed E-state index contributed by atoms with van der Waals surface area (Å²) in [6.45, 7) is 0. The van der Waals surface area contributed by atoms with Gasteiger partial charge in [0, 0.05) is 12.6 Å². The summed E-state index contributed by atoms with van der Waals surface area (Å²) >= 11 is 0. The van der Waals surface area contributed by atoms with E-state index < -0.39 is 0 Å². The fourth-order valence-electron chi connectivity index (χ4n) is 1.63. The molecule has 0 amide bonds. The fourth-order valence-corrected chi connectivity index (χ4v) is 1.63. The average Bonchev–Trinajstić information content (AvgIpc) is 2.39. The number of benzene rings is 2. The Labute approximate surface area is 99.8 Å². The molecule has 0 radical (unpaired) electrons. The highest BCUT2D eigenvalue weighted by Gasteiger charge is 2.12. The minimum atomic E-state index is -0.323. The number of amidine groups is 1. The monoisotopic (exact) mass is 228 g/mol. The molecule has 86 valence electrons. The largest absolute Gasteiger partial charge is 0.327 e. The number of halogens is 1. The second-order valence-corrected chi connectivity index (χ2v) is 3.73. The van der Waals surface area contributed by atoms with E-state index in [1.807, 2.05) is 30.3 Å². The second kappa shape index (κ2) is 4.78. The highest BCUT2D eigenvalue weighted by molar-refractivity contribution is 6.07. The molecule has 2 aromatic carbocycles. The molecule has 0 saturated carbocycles. The Morgan fingerprint density at radius 3 is 2.24 bits per heavy atom. The Hall–Kier alpha value is -2.16. The van der Waals surface area contributed by atoms with Crippen molar-refractivity contribution in [3.63, 3.8) is 0 Å². The molecule has 0 heterocycles. The van der Waals surface area contributed by atoms with E-state index in [0.717, 1.165) is 5.56 Å². The maximum atomic E-state index is 13.6. The predicted octanol–water partition coefficient (Wildman–Crippen LogP) is 3.29. The van der Waals surface area contributed by atoms with Gasteiger partial charge in [0.2, 0.25) is 0 Å². The number of hydrogen-bond donors (Lipinski definition) is 1. The molecule has 0 fully saturated rings. The number of anilines is 1. The van der Waals surface area contributed by atoms with Crippen LogP contribution in [0, 0.1) is 11.2 Å². The summed E-state index contributed by atoms with van der Waals surface area (Å²) < 4.78 is 13.6. The van der Waals surface area contributed by atoms with Crippen LogP contribution in [0.4, 0.5) is 10.1 Å². The standard InChI is InChI=1S/C14H13FN2/c1-17(13-10-6-5-9-12(13)15)14(16)11-7-3-2-4-8-11/h2-10,16H,1H3. The summed E-state index contributed by atoms with van der Waals surface area (Å²) in [6.07, 6.45) is 0. The molecule has 0 aliphatic carbocycles. The SMILES string of the molecule is CN(C(=N)c1ccccc1)c1ccccc1F. The van der Waals surface area contributed by atoms with E-state index in [0.29, 0.717) is 5.69 Å². The number of rotatable bonds is 2. The van der Waals surface area contributed by atoms with Crippen LogP contribution in [0.5, 0.6) is 0 Å². The number of hydrogen-bond acceptors (Lipinski definition) is 1. The fraction of sp³-hybridized carbons (Fsp3) is 0.0714. The Morgan fingerprint density at radius 1 is 1.00 bits per heavy atom. The third-order valence-electron chi connectivity index (χ3n) is 2.60. The topological polar surface area (TPSA) is 27.1 Å². The predicted molar refractivity (Wildman–Crippen MR) is 68.1 cm³/mol. The lowest BCUT2D eigenvalue weighted by atomic mass is 10.2. The Kier molecular flexibility index (Phi) is 3.19. The van der Waals surface area contributed by atoms with Crippen LogP contribution >= 0.6 is 0 Å². The molecule has 2 aromatic rings. The van der Waals surface area contributed by atoms with E-state index in [2.05, 4.69) is 0 Å². The maximum absolute atomic E-state index is 13.6. The van der Waals surface area contributed by atoms with Gasteiger partial charge in [-0.3, -0.25) is 5.41 Å². The van der Waals surface area contributed by atoms with Gasteiger partial charge in [-0.15, -0.1) is 0 Å². The Balaban J connectivity index is 2.30. The minimum Gasteiger partial charge on any atom is -0.327 e. The molecule has 2 rings (SSSR count).